The second-order valence-electron chi connectivity index (χ2n) is 8.30. The molecule has 7 heteroatoms. The first kappa shape index (κ1) is 20.9. The molecule has 2 aromatic carbocycles. The highest BCUT2D eigenvalue weighted by atomic mass is 32.2. The molecule has 1 saturated carbocycles. The van der Waals surface area contributed by atoms with Gasteiger partial charge in [0.05, 0.1) is 17.5 Å². The first-order valence-electron chi connectivity index (χ1n) is 10.5. The third-order valence-corrected chi connectivity index (χ3v) is 7.12. The Morgan fingerprint density at radius 2 is 1.83 bits per heavy atom. The quantitative estimate of drug-likeness (QED) is 0.709. The van der Waals surface area contributed by atoms with Gasteiger partial charge in [0.25, 0.3) is 0 Å². The fourth-order valence-corrected chi connectivity index (χ4v) is 5.18. The molecule has 0 aromatic heterocycles. The Balaban J connectivity index is 1.35. The Kier molecular flexibility index (Phi) is 5.84. The maximum absolute atomic E-state index is 12.6. The number of ether oxygens (including phenoxy) is 1. The van der Waals surface area contributed by atoms with Gasteiger partial charge in [-0.15, -0.1) is 0 Å². The number of aryl methyl sites for hydroxylation is 3. The number of fused-ring (bicyclic) bond motifs is 1. The Morgan fingerprint density at radius 3 is 2.53 bits per heavy atom. The van der Waals surface area contributed by atoms with E-state index in [1.165, 1.54) is 0 Å². The fraction of sp³-hybridized carbons (Fsp3) is 0.435. The van der Waals surface area contributed by atoms with Crippen LogP contribution in [0.3, 0.4) is 0 Å². The summed E-state index contributed by atoms with van der Waals surface area (Å²) in [5, 5.41) is 3.14. The molecule has 30 heavy (non-hydrogen) atoms. The van der Waals surface area contributed by atoms with Crippen LogP contribution < -0.4 is 14.8 Å². The third-order valence-electron chi connectivity index (χ3n) is 5.58. The van der Waals surface area contributed by atoms with Crippen LogP contribution >= 0.6 is 0 Å². The first-order valence-corrected chi connectivity index (χ1v) is 11.9. The largest absolute Gasteiger partial charge is 0.493 e. The van der Waals surface area contributed by atoms with Gasteiger partial charge in [0.1, 0.15) is 5.75 Å². The molecule has 1 atom stereocenters. The fourth-order valence-electron chi connectivity index (χ4n) is 3.88. The third kappa shape index (κ3) is 4.84. The lowest BCUT2D eigenvalue weighted by atomic mass is 9.95. The van der Waals surface area contributed by atoms with Crippen LogP contribution in [0.2, 0.25) is 0 Å². The summed E-state index contributed by atoms with van der Waals surface area (Å²) in [6.07, 6.45) is 3.48. The second-order valence-corrected chi connectivity index (χ2v) is 10.0. The van der Waals surface area contributed by atoms with Crippen LogP contribution in [-0.2, 0) is 21.2 Å². The Bertz CT molecular complexity index is 1040. The number of hydrogen-bond donors (Lipinski definition) is 2. The summed E-state index contributed by atoms with van der Waals surface area (Å²) in [6.45, 7) is 4.66. The minimum atomic E-state index is -3.44. The van der Waals surface area contributed by atoms with E-state index in [0.717, 1.165) is 47.3 Å². The van der Waals surface area contributed by atoms with Gasteiger partial charge in [0.2, 0.25) is 15.9 Å². The number of benzene rings is 2. The molecule has 0 radical (unpaired) electrons. The van der Waals surface area contributed by atoms with E-state index >= 15 is 0 Å². The van der Waals surface area contributed by atoms with Crippen molar-refractivity contribution in [2.75, 3.05) is 6.61 Å². The zero-order valence-electron chi connectivity index (χ0n) is 17.4. The number of carbonyl (C=O) groups excluding carboxylic acids is 1. The summed E-state index contributed by atoms with van der Waals surface area (Å²) in [5.41, 5.74) is 4.23. The van der Waals surface area contributed by atoms with Gasteiger partial charge in [-0.1, -0.05) is 29.8 Å². The molecule has 0 bridgehead atoms. The zero-order chi connectivity index (χ0) is 21.3. The maximum Gasteiger partial charge on any atom is 0.240 e. The van der Waals surface area contributed by atoms with Gasteiger partial charge in [-0.25, -0.2) is 13.1 Å². The molecule has 1 heterocycles. The van der Waals surface area contributed by atoms with Gasteiger partial charge >= 0.3 is 0 Å². The number of sulfonamides is 1. The number of hydrogen-bond acceptors (Lipinski definition) is 4. The molecule has 4 rings (SSSR count). The van der Waals surface area contributed by atoms with E-state index in [9.17, 15) is 13.2 Å². The molecule has 2 N–H and O–H groups in total. The number of rotatable bonds is 7. The lowest BCUT2D eigenvalue weighted by Crippen LogP contribution is -2.32. The summed E-state index contributed by atoms with van der Waals surface area (Å²) in [6, 6.07) is 11.0. The molecular formula is C23H28N2O4S. The maximum atomic E-state index is 12.6. The van der Waals surface area contributed by atoms with Crippen molar-refractivity contribution < 1.29 is 17.9 Å². The standard InChI is InChI=1S/C23H28N2O4S/c1-15-13-16(2)23-20(14-15)21(11-12-29-23)24-22(26)10-5-17-3-8-19(9-4-17)30(27,28)25-18-6-7-18/h3-4,8-9,13-14,18,21,25H,5-7,10-12H2,1-2H3,(H,24,26). The highest BCUT2D eigenvalue weighted by Gasteiger charge is 2.28. The van der Waals surface area contributed by atoms with Crippen molar-refractivity contribution in [2.45, 2.75) is 62.9 Å². The zero-order valence-corrected chi connectivity index (χ0v) is 18.2. The van der Waals surface area contributed by atoms with Crippen LogP contribution in [-0.4, -0.2) is 27.0 Å². The number of carbonyl (C=O) groups is 1. The van der Waals surface area contributed by atoms with Crippen LogP contribution in [0.5, 0.6) is 5.75 Å². The topological polar surface area (TPSA) is 84.5 Å². The van der Waals surface area contributed by atoms with Crippen molar-refractivity contribution in [1.82, 2.24) is 10.0 Å². The number of nitrogens with one attached hydrogen (secondary N) is 2. The minimum Gasteiger partial charge on any atom is -0.493 e. The summed E-state index contributed by atoms with van der Waals surface area (Å²) < 4.78 is 33.0. The smallest absolute Gasteiger partial charge is 0.240 e. The molecule has 1 amide bonds. The summed E-state index contributed by atoms with van der Waals surface area (Å²) in [4.78, 5) is 12.8. The molecule has 160 valence electrons. The molecule has 2 aromatic rings. The average Bonchev–Trinajstić information content (AvgIpc) is 3.50. The summed E-state index contributed by atoms with van der Waals surface area (Å²) in [5.74, 6) is 0.868. The van der Waals surface area contributed by atoms with E-state index in [1.54, 1.807) is 24.3 Å². The van der Waals surface area contributed by atoms with Crippen LogP contribution in [0, 0.1) is 13.8 Å². The van der Waals surface area contributed by atoms with Gasteiger partial charge in [-0.3, -0.25) is 4.79 Å². The lowest BCUT2D eigenvalue weighted by Gasteiger charge is -2.28. The van der Waals surface area contributed by atoms with E-state index in [0.29, 0.717) is 19.4 Å². The SMILES string of the molecule is Cc1cc(C)c2c(c1)C(NC(=O)CCc1ccc(S(=O)(=O)NC3CC3)cc1)CCO2. The van der Waals surface area contributed by atoms with Crippen LogP contribution in [0.4, 0.5) is 0 Å². The van der Waals surface area contributed by atoms with E-state index < -0.39 is 10.0 Å². The molecule has 0 spiro atoms. The van der Waals surface area contributed by atoms with Gasteiger partial charge in [-0.05, 0) is 56.4 Å². The van der Waals surface area contributed by atoms with E-state index in [-0.39, 0.29) is 22.9 Å². The molecule has 0 saturated heterocycles. The van der Waals surface area contributed by atoms with Crippen LogP contribution in [0.1, 0.15) is 54.0 Å². The molecule has 1 aliphatic heterocycles. The summed E-state index contributed by atoms with van der Waals surface area (Å²) in [7, 11) is -3.44. The predicted octanol–water partition coefficient (Wildman–Crippen LogP) is 3.32. The average molecular weight is 429 g/mol. The first-order chi connectivity index (χ1) is 14.3. The van der Waals surface area contributed by atoms with E-state index in [1.807, 2.05) is 13.8 Å². The van der Waals surface area contributed by atoms with Gasteiger partial charge in [-0.2, -0.15) is 0 Å². The predicted molar refractivity (Wildman–Crippen MR) is 115 cm³/mol. The second kappa shape index (κ2) is 8.40. The Morgan fingerprint density at radius 1 is 1.10 bits per heavy atom. The van der Waals surface area contributed by atoms with Crippen LogP contribution in [0.25, 0.3) is 0 Å². The van der Waals surface area contributed by atoms with Crippen molar-refractivity contribution in [3.63, 3.8) is 0 Å². The molecule has 6 nitrogen and oxygen atoms in total. The highest BCUT2D eigenvalue weighted by Crippen LogP contribution is 2.35. The molecule has 1 unspecified atom stereocenters. The van der Waals surface area contributed by atoms with Crippen molar-refractivity contribution in [1.29, 1.82) is 0 Å². The Labute approximate surface area is 178 Å². The van der Waals surface area contributed by atoms with Crippen molar-refractivity contribution in [3.8, 4) is 5.75 Å². The van der Waals surface area contributed by atoms with Gasteiger partial charge < -0.3 is 10.1 Å². The Hall–Kier alpha value is -2.38. The number of amides is 1. The van der Waals surface area contributed by atoms with Gasteiger partial charge in [0.15, 0.2) is 0 Å². The lowest BCUT2D eigenvalue weighted by molar-refractivity contribution is -0.122. The van der Waals surface area contributed by atoms with E-state index in [2.05, 4.69) is 22.2 Å². The van der Waals surface area contributed by atoms with Crippen molar-refractivity contribution in [3.05, 3.63) is 58.7 Å². The normalized spacial score (nSPS) is 18.4. The van der Waals surface area contributed by atoms with Crippen molar-refractivity contribution in [2.24, 2.45) is 0 Å². The molecular weight excluding hydrogens is 400 g/mol. The minimum absolute atomic E-state index is 0.0147. The van der Waals surface area contributed by atoms with Gasteiger partial charge in [0, 0.05) is 24.4 Å². The molecule has 2 aliphatic rings. The van der Waals surface area contributed by atoms with Crippen LogP contribution in [0.15, 0.2) is 41.3 Å². The summed E-state index contributed by atoms with van der Waals surface area (Å²) >= 11 is 0. The highest BCUT2D eigenvalue weighted by molar-refractivity contribution is 7.89. The molecule has 1 fully saturated rings. The van der Waals surface area contributed by atoms with Crippen molar-refractivity contribution >= 4 is 15.9 Å². The molecule has 1 aliphatic carbocycles. The van der Waals surface area contributed by atoms with E-state index in [4.69, 9.17) is 4.74 Å². The monoisotopic (exact) mass is 428 g/mol.